The van der Waals surface area contributed by atoms with E-state index in [2.05, 4.69) is 5.32 Å². The van der Waals surface area contributed by atoms with Gasteiger partial charge < -0.3 is 10.1 Å². The molecule has 0 spiro atoms. The van der Waals surface area contributed by atoms with E-state index in [1.54, 1.807) is 44.2 Å². The second-order valence-corrected chi connectivity index (χ2v) is 10.2. The zero-order chi connectivity index (χ0) is 26.5. The highest BCUT2D eigenvalue weighted by atomic mass is 35.5. The number of nitrogens with one attached hydrogen (secondary N) is 1. The van der Waals surface area contributed by atoms with E-state index in [0.717, 1.165) is 10.4 Å². The van der Waals surface area contributed by atoms with E-state index in [-0.39, 0.29) is 16.5 Å². The minimum absolute atomic E-state index is 0.0744. The molecule has 3 rings (SSSR count). The lowest BCUT2D eigenvalue weighted by Crippen LogP contribution is -2.37. The van der Waals surface area contributed by atoms with Crippen LogP contribution in [-0.4, -0.2) is 31.8 Å². The van der Waals surface area contributed by atoms with Crippen molar-refractivity contribution in [2.24, 2.45) is 0 Å². The number of sulfonamides is 1. The molecule has 192 valence electrons. The maximum atomic E-state index is 13.5. The van der Waals surface area contributed by atoms with E-state index < -0.39 is 39.9 Å². The van der Waals surface area contributed by atoms with E-state index in [0.29, 0.717) is 29.5 Å². The van der Waals surface area contributed by atoms with Crippen LogP contribution >= 0.6 is 11.6 Å². The largest absolute Gasteiger partial charge is 0.494 e. The molecule has 6 nitrogen and oxygen atoms in total. The molecule has 0 aliphatic rings. The number of rotatable bonds is 9. The number of carbonyl (C=O) groups excluding carboxylic acids is 1. The van der Waals surface area contributed by atoms with Crippen molar-refractivity contribution in [3.8, 4) is 5.75 Å². The quantitative estimate of drug-likeness (QED) is 0.367. The molecule has 0 aliphatic heterocycles. The Kier molecular flexibility index (Phi) is 8.65. The molecule has 0 unspecified atom stereocenters. The predicted octanol–water partition coefficient (Wildman–Crippen LogP) is 5.90. The first-order valence-electron chi connectivity index (χ1n) is 10.9. The number of carbonyl (C=O) groups is 1. The van der Waals surface area contributed by atoms with Crippen LogP contribution in [-0.2, 0) is 27.5 Å². The zero-order valence-electron chi connectivity index (χ0n) is 19.5. The average molecular weight is 541 g/mol. The van der Waals surface area contributed by atoms with Gasteiger partial charge in [0.25, 0.3) is 0 Å². The number of hydrogen-bond acceptors (Lipinski definition) is 4. The molecule has 0 heterocycles. The number of amides is 1. The molecular weight excluding hydrogens is 517 g/mol. The highest BCUT2D eigenvalue weighted by Crippen LogP contribution is 2.36. The lowest BCUT2D eigenvalue weighted by atomic mass is 10.1. The third kappa shape index (κ3) is 6.77. The summed E-state index contributed by atoms with van der Waals surface area (Å²) in [6.45, 7) is 3.00. The van der Waals surface area contributed by atoms with Crippen LogP contribution in [0.3, 0.4) is 0 Å². The number of alkyl halides is 3. The molecule has 0 bridgehead atoms. The Morgan fingerprint density at radius 2 is 1.75 bits per heavy atom. The molecule has 0 radical (unpaired) electrons. The lowest BCUT2D eigenvalue weighted by molar-refractivity contribution is -0.137. The van der Waals surface area contributed by atoms with Gasteiger partial charge in [-0.2, -0.15) is 17.5 Å². The molecule has 0 fully saturated rings. The van der Waals surface area contributed by atoms with Gasteiger partial charge in [0.15, 0.2) is 0 Å². The summed E-state index contributed by atoms with van der Waals surface area (Å²) in [6.07, 6.45) is -4.77. The molecule has 3 aromatic carbocycles. The van der Waals surface area contributed by atoms with Crippen molar-refractivity contribution in [1.29, 1.82) is 0 Å². The van der Waals surface area contributed by atoms with Gasteiger partial charge in [-0.1, -0.05) is 41.9 Å². The van der Waals surface area contributed by atoms with Crippen molar-refractivity contribution in [2.45, 2.75) is 31.5 Å². The van der Waals surface area contributed by atoms with Crippen molar-refractivity contribution in [3.05, 3.63) is 88.4 Å². The molecule has 11 heteroatoms. The monoisotopic (exact) mass is 540 g/mol. The van der Waals surface area contributed by atoms with E-state index >= 15 is 0 Å². The Hall–Kier alpha value is -3.08. The van der Waals surface area contributed by atoms with E-state index in [9.17, 15) is 26.4 Å². The first-order valence-corrected chi connectivity index (χ1v) is 12.7. The van der Waals surface area contributed by atoms with Gasteiger partial charge in [-0.3, -0.25) is 4.79 Å². The summed E-state index contributed by atoms with van der Waals surface area (Å²) in [7, 11) is -4.21. The van der Waals surface area contributed by atoms with E-state index in [4.69, 9.17) is 16.3 Å². The van der Waals surface area contributed by atoms with Crippen LogP contribution in [0.25, 0.3) is 0 Å². The summed E-state index contributed by atoms with van der Waals surface area (Å²) in [5.41, 5.74) is -0.481. The molecule has 1 amide bonds. The van der Waals surface area contributed by atoms with Crippen molar-refractivity contribution in [1.82, 2.24) is 4.31 Å². The number of benzene rings is 3. The van der Waals surface area contributed by atoms with Crippen molar-refractivity contribution in [3.63, 3.8) is 0 Å². The fourth-order valence-electron chi connectivity index (χ4n) is 3.47. The number of halogens is 4. The van der Waals surface area contributed by atoms with Crippen LogP contribution in [0.1, 0.15) is 23.6 Å². The number of hydrogen-bond donors (Lipinski definition) is 1. The van der Waals surface area contributed by atoms with Gasteiger partial charge in [0, 0.05) is 11.6 Å². The van der Waals surface area contributed by atoms with E-state index in [1.807, 2.05) is 0 Å². The minimum Gasteiger partial charge on any atom is -0.494 e. The van der Waals surface area contributed by atoms with Crippen molar-refractivity contribution < 1.29 is 31.1 Å². The van der Waals surface area contributed by atoms with Gasteiger partial charge in [0.05, 0.1) is 29.3 Å². The molecule has 0 aromatic heterocycles. The summed E-state index contributed by atoms with van der Waals surface area (Å²) in [4.78, 5) is 12.7. The SMILES string of the molecule is CCOc1ccc(S(=O)(=O)N(CC(=O)Nc2ccc(Cl)cc2C(F)(F)F)Cc2ccccc2)cc1C. The van der Waals surface area contributed by atoms with Gasteiger partial charge in [0.1, 0.15) is 5.75 Å². The Bertz CT molecular complexity index is 1330. The number of anilines is 1. The molecule has 0 aliphatic carbocycles. The third-order valence-electron chi connectivity index (χ3n) is 5.17. The minimum atomic E-state index is -4.77. The maximum absolute atomic E-state index is 13.5. The molecular formula is C25H24ClF3N2O4S. The first kappa shape index (κ1) is 27.5. The summed E-state index contributed by atoms with van der Waals surface area (Å²) in [5, 5.41) is 2.02. The third-order valence-corrected chi connectivity index (χ3v) is 7.19. The molecule has 1 N–H and O–H groups in total. The summed E-state index contributed by atoms with van der Waals surface area (Å²) in [6, 6.07) is 15.8. The van der Waals surface area contributed by atoms with Gasteiger partial charge >= 0.3 is 6.18 Å². The van der Waals surface area contributed by atoms with Crippen LogP contribution in [0, 0.1) is 6.92 Å². The second kappa shape index (κ2) is 11.3. The average Bonchev–Trinajstić information content (AvgIpc) is 2.81. The fourth-order valence-corrected chi connectivity index (χ4v) is 5.11. The van der Waals surface area contributed by atoms with Crippen LogP contribution < -0.4 is 10.1 Å². The van der Waals surface area contributed by atoms with E-state index in [1.165, 1.54) is 24.3 Å². The Morgan fingerprint density at radius 3 is 2.36 bits per heavy atom. The number of nitrogens with zero attached hydrogens (tertiary/aromatic N) is 1. The normalized spacial score (nSPS) is 12.0. The molecule has 3 aromatic rings. The Morgan fingerprint density at radius 1 is 1.06 bits per heavy atom. The second-order valence-electron chi connectivity index (χ2n) is 7.85. The number of ether oxygens (including phenoxy) is 1. The van der Waals surface area contributed by atoms with Crippen LogP contribution in [0.2, 0.25) is 5.02 Å². The summed E-state index contributed by atoms with van der Waals surface area (Å²) in [5.74, 6) is -0.420. The maximum Gasteiger partial charge on any atom is 0.418 e. The van der Waals surface area contributed by atoms with Gasteiger partial charge in [0.2, 0.25) is 15.9 Å². The van der Waals surface area contributed by atoms with Gasteiger partial charge in [-0.25, -0.2) is 8.42 Å². The first-order chi connectivity index (χ1) is 16.9. The Balaban J connectivity index is 1.93. The van der Waals surface area contributed by atoms with Crippen molar-refractivity contribution >= 4 is 33.2 Å². The smallest absolute Gasteiger partial charge is 0.418 e. The highest BCUT2D eigenvalue weighted by molar-refractivity contribution is 7.89. The molecule has 0 saturated heterocycles. The van der Waals surface area contributed by atoms with Crippen LogP contribution in [0.15, 0.2) is 71.6 Å². The van der Waals surface area contributed by atoms with Crippen molar-refractivity contribution in [2.75, 3.05) is 18.5 Å². The number of aryl methyl sites for hydroxylation is 1. The van der Waals surface area contributed by atoms with Gasteiger partial charge in [-0.05, 0) is 61.4 Å². The van der Waals surface area contributed by atoms with Crippen LogP contribution in [0.5, 0.6) is 5.75 Å². The highest BCUT2D eigenvalue weighted by Gasteiger charge is 2.35. The standard InChI is InChI=1S/C25H24ClF3N2O4S/c1-3-35-23-12-10-20(13-17(23)2)36(33,34)31(15-18-7-5-4-6-8-18)16-24(32)30-22-11-9-19(26)14-21(22)25(27,28)29/h4-14H,3,15-16H2,1-2H3,(H,30,32). The molecule has 0 saturated carbocycles. The molecule has 36 heavy (non-hydrogen) atoms. The predicted molar refractivity (Wildman–Crippen MR) is 131 cm³/mol. The zero-order valence-corrected chi connectivity index (χ0v) is 21.0. The fraction of sp³-hybridized carbons (Fsp3) is 0.240. The van der Waals surface area contributed by atoms with Gasteiger partial charge in [-0.15, -0.1) is 0 Å². The lowest BCUT2D eigenvalue weighted by Gasteiger charge is -2.23. The Labute approximate surface area is 212 Å². The van der Waals surface area contributed by atoms with Crippen LogP contribution in [0.4, 0.5) is 18.9 Å². The summed E-state index contributed by atoms with van der Waals surface area (Å²) < 4.78 is 73.7. The summed E-state index contributed by atoms with van der Waals surface area (Å²) >= 11 is 5.70. The topological polar surface area (TPSA) is 75.7 Å². The molecule has 0 atom stereocenters.